The van der Waals surface area contributed by atoms with E-state index in [1.807, 2.05) is 6.07 Å². The zero-order chi connectivity index (χ0) is 13.8. The third-order valence-corrected chi connectivity index (χ3v) is 2.86. The van der Waals surface area contributed by atoms with Crippen LogP contribution in [0.5, 0.6) is 0 Å². The minimum atomic E-state index is -0.447. The van der Waals surface area contributed by atoms with E-state index in [2.05, 4.69) is 29.1 Å². The fourth-order valence-electron chi connectivity index (χ4n) is 2.01. The summed E-state index contributed by atoms with van der Waals surface area (Å²) in [6.07, 6.45) is 0.266. The molecule has 2 aromatic rings. The van der Waals surface area contributed by atoms with E-state index in [4.69, 9.17) is 0 Å². The normalized spacial score (nSPS) is 12.8. The topological polar surface area (TPSA) is 78.0 Å². The lowest BCUT2D eigenvalue weighted by Crippen LogP contribution is -2.23. The molecule has 0 aliphatic heterocycles. The molecule has 5 heteroatoms. The molecule has 0 saturated heterocycles. The van der Waals surface area contributed by atoms with Crippen molar-refractivity contribution in [3.05, 3.63) is 34.6 Å². The predicted octanol–water partition coefficient (Wildman–Crippen LogP) is 1.74. The van der Waals surface area contributed by atoms with Gasteiger partial charge >= 0.3 is 0 Å². The van der Waals surface area contributed by atoms with Crippen LogP contribution in [0.3, 0.4) is 0 Å². The molecule has 0 bridgehead atoms. The van der Waals surface area contributed by atoms with Crippen molar-refractivity contribution < 1.29 is 5.11 Å². The number of para-hydroxylation sites is 1. The minimum Gasteiger partial charge on any atom is -0.391 e. The molecule has 102 valence electrons. The van der Waals surface area contributed by atoms with Crippen molar-refractivity contribution in [3.63, 3.8) is 0 Å². The summed E-state index contributed by atoms with van der Waals surface area (Å²) in [5.74, 6) is 0.826. The standard InChI is InChI=1S/C14H19N3O2/c1-9(2)7-10(18)8-15-14-16-12-6-4-3-5-11(12)13(19)17-14/h3-6,9-10,18H,7-8H2,1-2H3,(H2,15,16,17,19). The van der Waals surface area contributed by atoms with Gasteiger partial charge in [-0.1, -0.05) is 26.0 Å². The van der Waals surface area contributed by atoms with Crippen molar-refractivity contribution in [1.82, 2.24) is 9.97 Å². The van der Waals surface area contributed by atoms with E-state index in [0.717, 1.165) is 0 Å². The summed E-state index contributed by atoms with van der Waals surface area (Å²) in [5.41, 5.74) is 0.471. The van der Waals surface area contributed by atoms with E-state index in [-0.39, 0.29) is 5.56 Å². The summed E-state index contributed by atoms with van der Waals surface area (Å²) in [4.78, 5) is 18.8. The third-order valence-electron chi connectivity index (χ3n) is 2.86. The molecule has 0 aliphatic rings. The lowest BCUT2D eigenvalue weighted by molar-refractivity contribution is 0.161. The van der Waals surface area contributed by atoms with E-state index < -0.39 is 6.10 Å². The number of nitrogens with zero attached hydrogens (tertiary/aromatic N) is 1. The van der Waals surface area contributed by atoms with Crippen LogP contribution in [0.15, 0.2) is 29.1 Å². The maximum absolute atomic E-state index is 11.8. The SMILES string of the molecule is CC(C)CC(O)CNc1nc2ccccc2c(=O)[nH]1. The smallest absolute Gasteiger partial charge is 0.260 e. The highest BCUT2D eigenvalue weighted by atomic mass is 16.3. The molecule has 1 atom stereocenters. The van der Waals surface area contributed by atoms with Crippen molar-refractivity contribution in [2.75, 3.05) is 11.9 Å². The first-order valence-electron chi connectivity index (χ1n) is 6.47. The number of rotatable bonds is 5. The third kappa shape index (κ3) is 3.54. The molecular formula is C14H19N3O2. The number of H-pyrrole nitrogens is 1. The molecule has 2 rings (SSSR count). The summed E-state index contributed by atoms with van der Waals surface area (Å²) in [6, 6.07) is 7.17. The fraction of sp³-hybridized carbons (Fsp3) is 0.429. The Kier molecular flexibility index (Phi) is 4.16. The Morgan fingerprint density at radius 1 is 1.37 bits per heavy atom. The number of nitrogens with one attached hydrogen (secondary N) is 2. The number of aliphatic hydroxyl groups is 1. The molecular weight excluding hydrogens is 242 g/mol. The Hall–Kier alpha value is -1.88. The van der Waals surface area contributed by atoms with E-state index >= 15 is 0 Å². The fourth-order valence-corrected chi connectivity index (χ4v) is 2.01. The van der Waals surface area contributed by atoms with Crippen molar-refractivity contribution in [2.24, 2.45) is 5.92 Å². The quantitative estimate of drug-likeness (QED) is 0.766. The van der Waals surface area contributed by atoms with E-state index in [1.54, 1.807) is 18.2 Å². The highest BCUT2D eigenvalue weighted by molar-refractivity contribution is 5.78. The van der Waals surface area contributed by atoms with Crippen LogP contribution in [0.25, 0.3) is 10.9 Å². The molecule has 0 spiro atoms. The highest BCUT2D eigenvalue weighted by Gasteiger charge is 2.08. The average molecular weight is 261 g/mol. The zero-order valence-electron chi connectivity index (χ0n) is 11.2. The van der Waals surface area contributed by atoms with Crippen molar-refractivity contribution in [3.8, 4) is 0 Å². The summed E-state index contributed by atoms with van der Waals surface area (Å²) < 4.78 is 0. The van der Waals surface area contributed by atoms with Gasteiger partial charge in [-0.2, -0.15) is 0 Å². The van der Waals surface area contributed by atoms with Crippen molar-refractivity contribution >= 4 is 16.9 Å². The lowest BCUT2D eigenvalue weighted by atomic mass is 10.1. The highest BCUT2D eigenvalue weighted by Crippen LogP contribution is 2.09. The molecule has 1 aromatic heterocycles. The summed E-state index contributed by atoms with van der Waals surface area (Å²) in [7, 11) is 0. The van der Waals surface area contributed by atoms with Crippen LogP contribution in [0.4, 0.5) is 5.95 Å². The van der Waals surface area contributed by atoms with Crippen LogP contribution in [0.2, 0.25) is 0 Å². The number of anilines is 1. The van der Waals surface area contributed by atoms with Crippen LogP contribution in [0.1, 0.15) is 20.3 Å². The molecule has 1 aromatic carbocycles. The Morgan fingerprint density at radius 2 is 2.11 bits per heavy atom. The van der Waals surface area contributed by atoms with Crippen LogP contribution >= 0.6 is 0 Å². The largest absolute Gasteiger partial charge is 0.391 e. The second-order valence-electron chi connectivity index (χ2n) is 5.10. The Morgan fingerprint density at radius 3 is 2.84 bits per heavy atom. The second kappa shape index (κ2) is 5.84. The molecule has 19 heavy (non-hydrogen) atoms. The number of hydrogen-bond acceptors (Lipinski definition) is 4. The average Bonchev–Trinajstić information content (AvgIpc) is 2.36. The number of benzene rings is 1. The van der Waals surface area contributed by atoms with Gasteiger partial charge in [-0.3, -0.25) is 9.78 Å². The Balaban J connectivity index is 2.11. The van der Waals surface area contributed by atoms with E-state index in [0.29, 0.717) is 35.7 Å². The van der Waals surface area contributed by atoms with Gasteiger partial charge in [-0.05, 0) is 24.5 Å². The molecule has 3 N–H and O–H groups in total. The van der Waals surface area contributed by atoms with Crippen molar-refractivity contribution in [2.45, 2.75) is 26.4 Å². The number of fused-ring (bicyclic) bond motifs is 1. The molecule has 0 radical (unpaired) electrons. The minimum absolute atomic E-state index is 0.175. The Bertz CT molecular complexity index is 607. The number of aromatic nitrogens is 2. The molecule has 1 unspecified atom stereocenters. The van der Waals surface area contributed by atoms with Gasteiger partial charge in [-0.25, -0.2) is 4.98 Å². The maximum Gasteiger partial charge on any atom is 0.260 e. The Labute approximate surface area is 111 Å². The van der Waals surface area contributed by atoms with Gasteiger partial charge < -0.3 is 10.4 Å². The van der Waals surface area contributed by atoms with E-state index in [9.17, 15) is 9.90 Å². The first-order chi connectivity index (χ1) is 9.06. The van der Waals surface area contributed by atoms with Gasteiger partial charge in [0.15, 0.2) is 0 Å². The number of hydrogen-bond donors (Lipinski definition) is 3. The van der Waals surface area contributed by atoms with Crippen molar-refractivity contribution in [1.29, 1.82) is 0 Å². The van der Waals surface area contributed by atoms with Gasteiger partial charge in [0.25, 0.3) is 5.56 Å². The van der Waals surface area contributed by atoms with E-state index in [1.165, 1.54) is 0 Å². The molecule has 0 fully saturated rings. The van der Waals surface area contributed by atoms with Gasteiger partial charge in [0, 0.05) is 6.54 Å². The van der Waals surface area contributed by atoms with Crippen LogP contribution in [-0.4, -0.2) is 27.7 Å². The van der Waals surface area contributed by atoms with Gasteiger partial charge in [0.05, 0.1) is 17.0 Å². The molecule has 0 aliphatic carbocycles. The summed E-state index contributed by atoms with van der Waals surface area (Å²) in [5, 5.41) is 13.3. The second-order valence-corrected chi connectivity index (χ2v) is 5.10. The number of aromatic amines is 1. The lowest BCUT2D eigenvalue weighted by Gasteiger charge is -2.14. The molecule has 0 amide bonds. The van der Waals surface area contributed by atoms with Crippen LogP contribution in [-0.2, 0) is 0 Å². The maximum atomic E-state index is 11.8. The summed E-state index contributed by atoms with van der Waals surface area (Å²) >= 11 is 0. The van der Waals surface area contributed by atoms with Gasteiger partial charge in [0.2, 0.25) is 5.95 Å². The predicted molar refractivity (Wildman–Crippen MR) is 76.3 cm³/mol. The first kappa shape index (κ1) is 13.5. The molecule has 1 heterocycles. The van der Waals surface area contributed by atoms with Gasteiger partial charge in [-0.15, -0.1) is 0 Å². The number of aliphatic hydroxyl groups excluding tert-OH is 1. The van der Waals surface area contributed by atoms with Crippen LogP contribution in [0, 0.1) is 5.92 Å². The molecule has 0 saturated carbocycles. The molecule has 5 nitrogen and oxygen atoms in total. The zero-order valence-corrected chi connectivity index (χ0v) is 11.2. The summed E-state index contributed by atoms with van der Waals surface area (Å²) in [6.45, 7) is 4.48. The van der Waals surface area contributed by atoms with Crippen LogP contribution < -0.4 is 10.9 Å². The first-order valence-corrected chi connectivity index (χ1v) is 6.47. The monoisotopic (exact) mass is 261 g/mol. The van der Waals surface area contributed by atoms with Gasteiger partial charge in [0.1, 0.15) is 0 Å².